The predicted octanol–water partition coefficient (Wildman–Crippen LogP) is 1.52. The Balaban J connectivity index is 3.20. The van der Waals surface area contributed by atoms with Crippen molar-refractivity contribution in [1.29, 1.82) is 0 Å². The molecule has 0 atom stereocenters. The first-order valence-corrected chi connectivity index (χ1v) is 8.16. The third-order valence-corrected chi connectivity index (χ3v) is 3.68. The number of nitrogens with two attached hydrogens (primary N) is 2. The van der Waals surface area contributed by atoms with Gasteiger partial charge in [-0.3, -0.25) is 10.0 Å². The number of hydrogen-bond acceptors (Lipinski definition) is 7. The molecule has 0 aliphatic heterocycles. The molecule has 0 amide bonds. The second kappa shape index (κ2) is 7.85. The summed E-state index contributed by atoms with van der Waals surface area (Å²) in [5, 5.41) is 8.00. The van der Waals surface area contributed by atoms with Crippen LogP contribution in [-0.2, 0) is 5.41 Å². The van der Waals surface area contributed by atoms with Crippen LogP contribution in [0.2, 0.25) is 5.15 Å². The number of rotatable bonds is 5. The highest BCUT2D eigenvalue weighted by molar-refractivity contribution is 6.32. The number of halogens is 1. The molecular weight excluding hydrogens is 328 g/mol. The molecule has 1 aromatic heterocycles. The second-order valence-electron chi connectivity index (χ2n) is 6.84. The molecule has 0 saturated carbocycles. The Kier molecular flexibility index (Phi) is 6.62. The van der Waals surface area contributed by atoms with E-state index in [0.717, 1.165) is 12.4 Å². The van der Waals surface area contributed by atoms with E-state index < -0.39 is 0 Å². The fraction of sp³-hybridized carbons (Fsp3) is 0.667. The van der Waals surface area contributed by atoms with Crippen molar-refractivity contribution < 1.29 is 0 Å². The maximum atomic E-state index is 6.21. The number of nitrogens with zero attached hydrogens (tertiary/aromatic N) is 6. The van der Waals surface area contributed by atoms with Crippen molar-refractivity contribution in [2.45, 2.75) is 33.1 Å². The smallest absolute Gasteiger partial charge is 0.171 e. The minimum atomic E-state index is -0.270. The minimum absolute atomic E-state index is 0.203. The van der Waals surface area contributed by atoms with Crippen LogP contribution in [0, 0.1) is 0 Å². The standard InChI is InChI=1S/C15H29ClN8/c1-8-23(7)21-10(22(5)6)9-24(18)13-11(17)12(16)19-14(20-13)15(2,3)4/h8-9,17-18H2,1-7H3/b21-10-. The van der Waals surface area contributed by atoms with Gasteiger partial charge in [-0.25, -0.2) is 15.8 Å². The van der Waals surface area contributed by atoms with E-state index in [4.69, 9.17) is 23.2 Å². The van der Waals surface area contributed by atoms with Gasteiger partial charge in [0.05, 0.1) is 6.54 Å². The van der Waals surface area contributed by atoms with E-state index in [9.17, 15) is 0 Å². The number of likely N-dealkylation sites (N-methyl/N-ethyl adjacent to an activating group) is 1. The van der Waals surface area contributed by atoms with Crippen LogP contribution in [-0.4, -0.2) is 59.9 Å². The summed E-state index contributed by atoms with van der Waals surface area (Å²) in [6, 6.07) is 0. The van der Waals surface area contributed by atoms with Crippen molar-refractivity contribution in [3.8, 4) is 0 Å². The van der Waals surface area contributed by atoms with Crippen LogP contribution >= 0.6 is 11.6 Å². The van der Waals surface area contributed by atoms with Crippen LogP contribution in [0.4, 0.5) is 11.5 Å². The van der Waals surface area contributed by atoms with Crippen LogP contribution in [0.5, 0.6) is 0 Å². The topological polar surface area (TPSA) is 99.9 Å². The lowest BCUT2D eigenvalue weighted by molar-refractivity contribution is 0.365. The van der Waals surface area contributed by atoms with Gasteiger partial charge in [0.15, 0.2) is 11.0 Å². The molecule has 1 rings (SSSR count). The lowest BCUT2D eigenvalue weighted by Gasteiger charge is -2.26. The number of hydrazine groups is 1. The Labute approximate surface area is 149 Å². The Bertz CT molecular complexity index is 594. The quantitative estimate of drug-likeness (QED) is 0.271. The van der Waals surface area contributed by atoms with Gasteiger partial charge in [-0.15, -0.1) is 0 Å². The molecule has 8 nitrogen and oxygen atoms in total. The molecule has 136 valence electrons. The first-order chi connectivity index (χ1) is 11.0. The molecule has 4 N–H and O–H groups in total. The Morgan fingerprint density at radius 1 is 1.21 bits per heavy atom. The molecular formula is C15H29ClN8. The number of aromatic nitrogens is 2. The van der Waals surface area contributed by atoms with E-state index in [0.29, 0.717) is 18.2 Å². The molecule has 0 spiro atoms. The fourth-order valence-corrected chi connectivity index (χ4v) is 1.91. The second-order valence-corrected chi connectivity index (χ2v) is 7.20. The number of hydrogen-bond donors (Lipinski definition) is 2. The lowest BCUT2D eigenvalue weighted by atomic mass is 9.96. The minimum Gasteiger partial charge on any atom is -0.393 e. The predicted molar refractivity (Wildman–Crippen MR) is 101 cm³/mol. The van der Waals surface area contributed by atoms with Crippen LogP contribution in [0.25, 0.3) is 0 Å². The zero-order valence-electron chi connectivity index (χ0n) is 15.6. The molecule has 1 aromatic rings. The Morgan fingerprint density at radius 3 is 2.25 bits per heavy atom. The van der Waals surface area contributed by atoms with Gasteiger partial charge in [0.2, 0.25) is 0 Å². The molecule has 1 heterocycles. The normalized spacial score (nSPS) is 12.3. The van der Waals surface area contributed by atoms with E-state index in [-0.39, 0.29) is 16.3 Å². The first-order valence-electron chi connectivity index (χ1n) is 7.79. The summed E-state index contributed by atoms with van der Waals surface area (Å²) < 4.78 is 0. The third kappa shape index (κ3) is 5.10. The van der Waals surface area contributed by atoms with Gasteiger partial charge in [-0.05, 0) is 6.92 Å². The maximum absolute atomic E-state index is 6.21. The van der Waals surface area contributed by atoms with Crippen molar-refractivity contribution in [3.05, 3.63) is 11.0 Å². The highest BCUT2D eigenvalue weighted by Gasteiger charge is 2.23. The molecule has 0 aromatic carbocycles. The largest absolute Gasteiger partial charge is 0.393 e. The van der Waals surface area contributed by atoms with Crippen molar-refractivity contribution in [2.75, 3.05) is 45.0 Å². The molecule has 0 aliphatic carbocycles. The summed E-state index contributed by atoms with van der Waals surface area (Å²) in [6.45, 7) is 9.15. The van der Waals surface area contributed by atoms with Gasteiger partial charge >= 0.3 is 0 Å². The summed E-state index contributed by atoms with van der Waals surface area (Å²) in [7, 11) is 5.72. The van der Waals surface area contributed by atoms with Crippen molar-refractivity contribution in [3.63, 3.8) is 0 Å². The number of anilines is 2. The van der Waals surface area contributed by atoms with Crippen molar-refractivity contribution in [1.82, 2.24) is 19.9 Å². The summed E-state index contributed by atoms with van der Waals surface area (Å²) in [5.74, 6) is 7.96. The van der Waals surface area contributed by atoms with E-state index >= 15 is 0 Å². The highest BCUT2D eigenvalue weighted by Crippen LogP contribution is 2.29. The van der Waals surface area contributed by atoms with Gasteiger partial charge in [-0.1, -0.05) is 32.4 Å². The first kappa shape index (κ1) is 20.2. The molecule has 0 aliphatic rings. The fourth-order valence-electron chi connectivity index (χ4n) is 1.74. The summed E-state index contributed by atoms with van der Waals surface area (Å²) >= 11 is 6.17. The molecule has 0 unspecified atom stereocenters. The zero-order valence-corrected chi connectivity index (χ0v) is 16.4. The van der Waals surface area contributed by atoms with Gasteiger partial charge in [0.25, 0.3) is 0 Å². The maximum Gasteiger partial charge on any atom is 0.171 e. The van der Waals surface area contributed by atoms with Gasteiger partial charge in [-0.2, -0.15) is 5.10 Å². The molecule has 9 heteroatoms. The van der Waals surface area contributed by atoms with Gasteiger partial charge < -0.3 is 10.6 Å². The van der Waals surface area contributed by atoms with Gasteiger partial charge in [0.1, 0.15) is 17.3 Å². The van der Waals surface area contributed by atoms with Gasteiger partial charge in [0, 0.05) is 33.1 Å². The van der Waals surface area contributed by atoms with Crippen LogP contribution in [0.3, 0.4) is 0 Å². The molecule has 24 heavy (non-hydrogen) atoms. The van der Waals surface area contributed by atoms with Crippen molar-refractivity contribution in [2.24, 2.45) is 10.9 Å². The number of hydrazone groups is 1. The van der Waals surface area contributed by atoms with E-state index in [1.54, 1.807) is 0 Å². The number of amidine groups is 1. The molecule has 0 bridgehead atoms. The Morgan fingerprint density at radius 2 is 1.79 bits per heavy atom. The Hall–Kier alpha value is -1.80. The highest BCUT2D eigenvalue weighted by atomic mass is 35.5. The van der Waals surface area contributed by atoms with E-state index in [1.807, 2.05) is 58.7 Å². The summed E-state index contributed by atoms with van der Waals surface area (Å²) in [4.78, 5) is 10.7. The zero-order chi connectivity index (χ0) is 18.7. The average molecular weight is 357 g/mol. The SMILES string of the molecule is CCN(C)/N=C(/CN(N)c1nc(C(C)(C)C)nc(Cl)c1N)N(C)C. The third-order valence-electron chi connectivity index (χ3n) is 3.39. The van der Waals surface area contributed by atoms with Crippen LogP contribution in [0.1, 0.15) is 33.5 Å². The van der Waals surface area contributed by atoms with Crippen LogP contribution in [0.15, 0.2) is 5.10 Å². The van der Waals surface area contributed by atoms with Crippen molar-refractivity contribution >= 4 is 28.9 Å². The van der Waals surface area contributed by atoms with E-state index in [2.05, 4.69) is 15.1 Å². The molecule has 0 radical (unpaired) electrons. The van der Waals surface area contributed by atoms with E-state index in [1.165, 1.54) is 5.01 Å². The summed E-state index contributed by atoms with van der Waals surface area (Å²) in [5.41, 5.74) is 6.02. The van der Waals surface area contributed by atoms with Crippen LogP contribution < -0.4 is 16.6 Å². The lowest BCUT2D eigenvalue weighted by Crippen LogP contribution is -2.43. The molecule has 0 saturated heterocycles. The average Bonchev–Trinajstić information content (AvgIpc) is 2.47. The monoisotopic (exact) mass is 356 g/mol. The number of nitrogen functional groups attached to an aromatic ring is 1. The molecule has 0 fully saturated rings. The summed E-state index contributed by atoms with van der Waals surface area (Å²) in [6.07, 6.45) is 0.